The Bertz CT molecular complexity index is 571. The molecule has 2 nitrogen and oxygen atoms in total. The zero-order valence-electron chi connectivity index (χ0n) is 15.4. The number of rotatable bonds is 3. The van der Waals surface area contributed by atoms with E-state index in [9.17, 15) is 18.3 Å². The lowest BCUT2D eigenvalue weighted by molar-refractivity contribution is -0.137. The fourth-order valence-electron chi connectivity index (χ4n) is 4.47. The Morgan fingerprint density at radius 3 is 2.23 bits per heavy atom. The SMILES string of the molecule is OC1(c2cccc(C(F)(F)F)c2)CCN(CC2CCCCCCC2)CC1. The molecule has 0 spiro atoms. The van der Waals surface area contributed by atoms with E-state index < -0.39 is 17.3 Å². The molecule has 2 aliphatic rings. The van der Waals surface area contributed by atoms with Crippen LogP contribution < -0.4 is 0 Å². The Kier molecular flexibility index (Phi) is 6.29. The predicted octanol–water partition coefficient (Wildman–Crippen LogP) is 5.35. The van der Waals surface area contributed by atoms with E-state index in [1.54, 1.807) is 6.07 Å². The maximum Gasteiger partial charge on any atom is 0.416 e. The molecule has 1 N–H and O–H groups in total. The summed E-state index contributed by atoms with van der Waals surface area (Å²) < 4.78 is 38.9. The molecule has 0 unspecified atom stereocenters. The quantitative estimate of drug-likeness (QED) is 0.776. The smallest absolute Gasteiger partial charge is 0.385 e. The van der Waals surface area contributed by atoms with Gasteiger partial charge in [0, 0.05) is 19.6 Å². The molecular formula is C21H30F3NO. The zero-order chi connectivity index (χ0) is 18.6. The first kappa shape index (κ1) is 19.7. The number of benzene rings is 1. The Hall–Kier alpha value is -1.07. The van der Waals surface area contributed by atoms with Crippen LogP contribution in [0.2, 0.25) is 0 Å². The van der Waals surface area contributed by atoms with Crippen molar-refractivity contribution in [1.82, 2.24) is 4.90 Å². The maximum absolute atomic E-state index is 13.0. The van der Waals surface area contributed by atoms with Crippen LogP contribution in [0.5, 0.6) is 0 Å². The highest BCUT2D eigenvalue weighted by Crippen LogP contribution is 2.37. The third kappa shape index (κ3) is 5.01. The van der Waals surface area contributed by atoms with Crippen LogP contribution in [0.4, 0.5) is 13.2 Å². The molecule has 1 aliphatic carbocycles. The van der Waals surface area contributed by atoms with Crippen molar-refractivity contribution in [3.63, 3.8) is 0 Å². The minimum Gasteiger partial charge on any atom is -0.385 e. The number of aliphatic hydroxyl groups is 1. The van der Waals surface area contributed by atoms with Crippen molar-refractivity contribution in [1.29, 1.82) is 0 Å². The molecule has 146 valence electrons. The summed E-state index contributed by atoms with van der Waals surface area (Å²) in [6, 6.07) is 5.21. The van der Waals surface area contributed by atoms with E-state index in [0.29, 0.717) is 18.4 Å². The Balaban J connectivity index is 1.58. The van der Waals surface area contributed by atoms with Crippen molar-refractivity contribution in [2.45, 2.75) is 69.6 Å². The monoisotopic (exact) mass is 369 g/mol. The lowest BCUT2D eigenvalue weighted by Crippen LogP contribution is -2.44. The Morgan fingerprint density at radius 2 is 1.62 bits per heavy atom. The highest BCUT2D eigenvalue weighted by molar-refractivity contribution is 5.30. The molecule has 0 radical (unpaired) electrons. The molecule has 1 aromatic carbocycles. The highest BCUT2D eigenvalue weighted by atomic mass is 19.4. The van der Waals surface area contributed by atoms with Crippen LogP contribution in [0.1, 0.15) is 68.9 Å². The largest absolute Gasteiger partial charge is 0.416 e. The fraction of sp³-hybridized carbons (Fsp3) is 0.714. The van der Waals surface area contributed by atoms with Crippen LogP contribution in [0.15, 0.2) is 24.3 Å². The van der Waals surface area contributed by atoms with Gasteiger partial charge in [-0.2, -0.15) is 13.2 Å². The predicted molar refractivity (Wildman–Crippen MR) is 96.8 cm³/mol. The standard InChI is InChI=1S/C21H30F3NO/c22-21(23,24)19-10-6-9-18(15-19)20(26)11-13-25(14-12-20)16-17-7-4-2-1-3-5-8-17/h6,9-10,15,17,26H,1-5,7-8,11-14,16H2. The third-order valence-corrected chi connectivity index (χ3v) is 6.15. The summed E-state index contributed by atoms with van der Waals surface area (Å²) in [5.41, 5.74) is -1.42. The van der Waals surface area contributed by atoms with Crippen LogP contribution >= 0.6 is 0 Å². The normalized spacial score (nSPS) is 23.4. The van der Waals surface area contributed by atoms with E-state index in [2.05, 4.69) is 4.90 Å². The zero-order valence-corrected chi connectivity index (χ0v) is 15.4. The second kappa shape index (κ2) is 8.30. The van der Waals surface area contributed by atoms with Gasteiger partial charge in [-0.3, -0.25) is 0 Å². The van der Waals surface area contributed by atoms with Crippen LogP contribution in [-0.4, -0.2) is 29.6 Å². The van der Waals surface area contributed by atoms with Crippen LogP contribution in [0, 0.1) is 5.92 Å². The van der Waals surface area contributed by atoms with Gasteiger partial charge >= 0.3 is 6.18 Å². The number of piperidine rings is 1. The van der Waals surface area contributed by atoms with Gasteiger partial charge in [-0.25, -0.2) is 0 Å². The lowest BCUT2D eigenvalue weighted by atomic mass is 9.83. The Morgan fingerprint density at radius 1 is 1.00 bits per heavy atom. The van der Waals surface area contributed by atoms with Crippen molar-refractivity contribution in [2.75, 3.05) is 19.6 Å². The van der Waals surface area contributed by atoms with Gasteiger partial charge in [0.2, 0.25) is 0 Å². The summed E-state index contributed by atoms with van der Waals surface area (Å²) in [5.74, 6) is 0.732. The summed E-state index contributed by atoms with van der Waals surface area (Å²) in [5, 5.41) is 10.9. The van der Waals surface area contributed by atoms with Crippen LogP contribution in [0.3, 0.4) is 0 Å². The number of likely N-dealkylation sites (tertiary alicyclic amines) is 1. The molecule has 0 bridgehead atoms. The van der Waals surface area contributed by atoms with Crippen molar-refractivity contribution < 1.29 is 18.3 Å². The molecule has 26 heavy (non-hydrogen) atoms. The molecule has 1 saturated carbocycles. The summed E-state index contributed by atoms with van der Waals surface area (Å²) in [7, 11) is 0. The van der Waals surface area contributed by atoms with Crippen molar-refractivity contribution in [3.05, 3.63) is 35.4 Å². The van der Waals surface area contributed by atoms with Gasteiger partial charge in [0.05, 0.1) is 11.2 Å². The summed E-state index contributed by atoms with van der Waals surface area (Å²) in [6.45, 7) is 2.57. The number of halogens is 3. The molecule has 3 rings (SSSR count). The number of hydrogen-bond acceptors (Lipinski definition) is 2. The minimum absolute atomic E-state index is 0.401. The average Bonchev–Trinajstić information content (AvgIpc) is 2.58. The molecule has 2 fully saturated rings. The van der Waals surface area contributed by atoms with Crippen LogP contribution in [0.25, 0.3) is 0 Å². The molecule has 1 aliphatic heterocycles. The van der Waals surface area contributed by atoms with Gasteiger partial charge in [-0.15, -0.1) is 0 Å². The number of nitrogens with zero attached hydrogens (tertiary/aromatic N) is 1. The van der Waals surface area contributed by atoms with Crippen molar-refractivity contribution >= 4 is 0 Å². The molecule has 1 heterocycles. The summed E-state index contributed by atoms with van der Waals surface area (Å²) >= 11 is 0. The first-order valence-electron chi connectivity index (χ1n) is 9.99. The van der Waals surface area contributed by atoms with Gasteiger partial charge < -0.3 is 10.0 Å². The van der Waals surface area contributed by atoms with E-state index in [1.807, 2.05) is 0 Å². The summed E-state index contributed by atoms with van der Waals surface area (Å²) in [4.78, 5) is 2.40. The lowest BCUT2D eigenvalue weighted by Gasteiger charge is -2.40. The van der Waals surface area contributed by atoms with Gasteiger partial charge in [0.1, 0.15) is 0 Å². The average molecular weight is 369 g/mol. The highest BCUT2D eigenvalue weighted by Gasteiger charge is 2.37. The summed E-state index contributed by atoms with van der Waals surface area (Å²) in [6.07, 6.45) is 5.87. The second-order valence-electron chi connectivity index (χ2n) is 8.12. The third-order valence-electron chi connectivity index (χ3n) is 6.15. The van der Waals surface area contributed by atoms with Gasteiger partial charge in [0.25, 0.3) is 0 Å². The molecule has 0 amide bonds. The van der Waals surface area contributed by atoms with Crippen molar-refractivity contribution in [2.24, 2.45) is 5.92 Å². The van der Waals surface area contributed by atoms with E-state index in [0.717, 1.165) is 37.7 Å². The first-order valence-corrected chi connectivity index (χ1v) is 9.99. The van der Waals surface area contributed by atoms with Gasteiger partial charge in [-0.1, -0.05) is 44.2 Å². The molecule has 1 saturated heterocycles. The van der Waals surface area contributed by atoms with E-state index in [-0.39, 0.29) is 0 Å². The number of alkyl halides is 3. The maximum atomic E-state index is 13.0. The van der Waals surface area contributed by atoms with Crippen molar-refractivity contribution in [3.8, 4) is 0 Å². The Labute approximate surface area is 154 Å². The molecule has 0 aromatic heterocycles. The van der Waals surface area contributed by atoms with E-state index >= 15 is 0 Å². The number of hydrogen-bond donors (Lipinski definition) is 1. The van der Waals surface area contributed by atoms with Gasteiger partial charge in [-0.05, 0) is 49.3 Å². The molecule has 0 atom stereocenters. The fourth-order valence-corrected chi connectivity index (χ4v) is 4.47. The topological polar surface area (TPSA) is 23.5 Å². The first-order chi connectivity index (χ1) is 12.4. The van der Waals surface area contributed by atoms with E-state index in [1.165, 1.54) is 51.0 Å². The van der Waals surface area contributed by atoms with E-state index in [4.69, 9.17) is 0 Å². The molecule has 1 aromatic rings. The second-order valence-corrected chi connectivity index (χ2v) is 8.12. The van der Waals surface area contributed by atoms with Crippen LogP contribution in [-0.2, 0) is 11.8 Å². The molecular weight excluding hydrogens is 339 g/mol. The molecule has 5 heteroatoms. The minimum atomic E-state index is -4.37. The van der Waals surface area contributed by atoms with Gasteiger partial charge in [0.15, 0.2) is 0 Å².